The molecule has 1 aliphatic rings. The predicted octanol–water partition coefficient (Wildman–Crippen LogP) is 1.90. The van der Waals surface area contributed by atoms with Gasteiger partial charge in [0.2, 0.25) is 0 Å². The molecule has 16 heavy (non-hydrogen) atoms. The molecule has 0 radical (unpaired) electrons. The fourth-order valence-corrected chi connectivity index (χ4v) is 2.43. The first-order chi connectivity index (χ1) is 7.65. The summed E-state index contributed by atoms with van der Waals surface area (Å²) in [4.78, 5) is 6.41. The Balaban J connectivity index is 1.92. The van der Waals surface area contributed by atoms with Crippen LogP contribution in [-0.2, 0) is 6.54 Å². The van der Waals surface area contributed by atoms with E-state index in [4.69, 9.17) is 17.3 Å². The standard InChI is InChI=1S/C12H18ClN3/c1-9(14)11-3-5-16(8-11)7-10-2-4-15-12(13)6-10/h2,4,6,9,11H,3,5,7-8,14H2,1H3. The molecular weight excluding hydrogens is 222 g/mol. The Kier molecular flexibility index (Phi) is 3.79. The summed E-state index contributed by atoms with van der Waals surface area (Å²) >= 11 is 5.86. The van der Waals surface area contributed by atoms with Crippen molar-refractivity contribution in [1.82, 2.24) is 9.88 Å². The maximum atomic E-state index is 5.92. The first kappa shape index (κ1) is 11.8. The molecule has 4 heteroatoms. The van der Waals surface area contributed by atoms with Gasteiger partial charge >= 0.3 is 0 Å². The van der Waals surface area contributed by atoms with E-state index in [-0.39, 0.29) is 0 Å². The van der Waals surface area contributed by atoms with Gasteiger partial charge in [-0.1, -0.05) is 11.6 Å². The van der Waals surface area contributed by atoms with Gasteiger partial charge in [0.05, 0.1) is 0 Å². The Bertz CT molecular complexity index is 354. The van der Waals surface area contributed by atoms with Gasteiger partial charge in [0.25, 0.3) is 0 Å². The third-order valence-corrected chi connectivity index (χ3v) is 3.46. The fraction of sp³-hybridized carbons (Fsp3) is 0.583. The number of nitrogens with zero attached hydrogens (tertiary/aromatic N) is 2. The highest BCUT2D eigenvalue weighted by molar-refractivity contribution is 6.29. The highest BCUT2D eigenvalue weighted by atomic mass is 35.5. The molecule has 1 aromatic heterocycles. The minimum Gasteiger partial charge on any atom is -0.328 e. The van der Waals surface area contributed by atoms with Crippen LogP contribution in [0.3, 0.4) is 0 Å². The lowest BCUT2D eigenvalue weighted by molar-refractivity contribution is 0.308. The highest BCUT2D eigenvalue weighted by Crippen LogP contribution is 2.21. The normalized spacial score (nSPS) is 23.6. The van der Waals surface area contributed by atoms with Crippen LogP contribution in [0.4, 0.5) is 0 Å². The highest BCUT2D eigenvalue weighted by Gasteiger charge is 2.24. The molecule has 3 nitrogen and oxygen atoms in total. The van der Waals surface area contributed by atoms with Crippen LogP contribution >= 0.6 is 11.6 Å². The first-order valence-electron chi connectivity index (χ1n) is 5.73. The van der Waals surface area contributed by atoms with Crippen LogP contribution in [0.15, 0.2) is 18.3 Å². The van der Waals surface area contributed by atoms with Crippen molar-refractivity contribution in [2.75, 3.05) is 13.1 Å². The monoisotopic (exact) mass is 239 g/mol. The molecule has 2 atom stereocenters. The van der Waals surface area contributed by atoms with Gasteiger partial charge in [-0.2, -0.15) is 0 Å². The maximum absolute atomic E-state index is 5.92. The van der Waals surface area contributed by atoms with Gasteiger partial charge < -0.3 is 5.73 Å². The molecule has 2 heterocycles. The number of hydrogen-bond donors (Lipinski definition) is 1. The average Bonchev–Trinajstić information content (AvgIpc) is 2.66. The van der Waals surface area contributed by atoms with Gasteiger partial charge in [-0.3, -0.25) is 4.90 Å². The predicted molar refractivity (Wildman–Crippen MR) is 66.3 cm³/mol. The number of halogens is 1. The SMILES string of the molecule is CC(N)C1CCN(Cc2ccnc(Cl)c2)C1. The summed E-state index contributed by atoms with van der Waals surface area (Å²) in [5.74, 6) is 0.636. The molecule has 88 valence electrons. The van der Waals surface area contributed by atoms with Gasteiger partial charge in [0.1, 0.15) is 5.15 Å². The van der Waals surface area contributed by atoms with E-state index < -0.39 is 0 Å². The van der Waals surface area contributed by atoms with Crippen LogP contribution < -0.4 is 5.73 Å². The Morgan fingerprint density at radius 2 is 2.50 bits per heavy atom. The molecule has 1 fully saturated rings. The van der Waals surface area contributed by atoms with E-state index in [2.05, 4.69) is 16.8 Å². The van der Waals surface area contributed by atoms with Crippen LogP contribution in [0.5, 0.6) is 0 Å². The van der Waals surface area contributed by atoms with Crippen molar-refractivity contribution in [1.29, 1.82) is 0 Å². The van der Waals surface area contributed by atoms with Crippen LogP contribution in [0, 0.1) is 5.92 Å². The van der Waals surface area contributed by atoms with Crippen LogP contribution in [-0.4, -0.2) is 29.0 Å². The summed E-state index contributed by atoms with van der Waals surface area (Å²) in [6, 6.07) is 4.25. The van der Waals surface area contributed by atoms with Crippen molar-refractivity contribution in [3.8, 4) is 0 Å². The Morgan fingerprint density at radius 3 is 3.12 bits per heavy atom. The smallest absolute Gasteiger partial charge is 0.129 e. The summed E-state index contributed by atoms with van der Waals surface area (Å²) < 4.78 is 0. The molecule has 1 saturated heterocycles. The van der Waals surface area contributed by atoms with E-state index in [1.54, 1.807) is 6.20 Å². The van der Waals surface area contributed by atoms with Crippen molar-refractivity contribution in [2.24, 2.45) is 11.7 Å². The van der Waals surface area contributed by atoms with E-state index in [0.717, 1.165) is 19.6 Å². The summed E-state index contributed by atoms with van der Waals surface area (Å²) in [6.45, 7) is 5.27. The number of likely N-dealkylation sites (tertiary alicyclic amines) is 1. The lowest BCUT2D eigenvalue weighted by Gasteiger charge is -2.17. The summed E-state index contributed by atoms with van der Waals surface area (Å²) in [7, 11) is 0. The second kappa shape index (κ2) is 5.13. The van der Waals surface area contributed by atoms with Crippen molar-refractivity contribution in [2.45, 2.75) is 25.9 Å². The molecule has 1 aliphatic heterocycles. The van der Waals surface area contributed by atoms with Crippen molar-refractivity contribution >= 4 is 11.6 Å². The summed E-state index contributed by atoms with van der Waals surface area (Å²) in [5.41, 5.74) is 7.15. The average molecular weight is 240 g/mol. The second-order valence-corrected chi connectivity index (χ2v) is 5.02. The van der Waals surface area contributed by atoms with E-state index in [1.807, 2.05) is 12.1 Å². The largest absolute Gasteiger partial charge is 0.328 e. The van der Waals surface area contributed by atoms with Crippen molar-refractivity contribution in [3.63, 3.8) is 0 Å². The number of pyridine rings is 1. The topological polar surface area (TPSA) is 42.1 Å². The van der Waals surface area contributed by atoms with Crippen molar-refractivity contribution in [3.05, 3.63) is 29.0 Å². The maximum Gasteiger partial charge on any atom is 0.129 e. The quantitative estimate of drug-likeness (QED) is 0.820. The first-order valence-corrected chi connectivity index (χ1v) is 6.11. The van der Waals surface area contributed by atoms with Gasteiger partial charge in [0.15, 0.2) is 0 Å². The molecule has 0 aliphatic carbocycles. The van der Waals surface area contributed by atoms with Crippen LogP contribution in [0.2, 0.25) is 5.15 Å². The Labute approximate surface area is 102 Å². The van der Waals surface area contributed by atoms with Crippen molar-refractivity contribution < 1.29 is 0 Å². The van der Waals surface area contributed by atoms with E-state index in [9.17, 15) is 0 Å². The van der Waals surface area contributed by atoms with Gasteiger partial charge in [-0.05, 0) is 43.5 Å². The molecule has 0 spiro atoms. The molecule has 0 bridgehead atoms. The van der Waals surface area contributed by atoms with Gasteiger partial charge in [-0.15, -0.1) is 0 Å². The summed E-state index contributed by atoms with van der Waals surface area (Å²) in [6.07, 6.45) is 2.97. The number of hydrogen-bond acceptors (Lipinski definition) is 3. The molecule has 2 N–H and O–H groups in total. The van der Waals surface area contributed by atoms with E-state index >= 15 is 0 Å². The Morgan fingerprint density at radius 1 is 1.69 bits per heavy atom. The van der Waals surface area contributed by atoms with Gasteiger partial charge in [0, 0.05) is 25.3 Å². The zero-order valence-electron chi connectivity index (χ0n) is 9.56. The second-order valence-electron chi connectivity index (χ2n) is 4.63. The molecular formula is C12H18ClN3. The van der Waals surface area contributed by atoms with Crippen LogP contribution in [0.1, 0.15) is 18.9 Å². The minimum atomic E-state index is 0.297. The lowest BCUT2D eigenvalue weighted by Crippen LogP contribution is -2.29. The van der Waals surface area contributed by atoms with Gasteiger partial charge in [-0.25, -0.2) is 4.98 Å². The lowest BCUT2D eigenvalue weighted by atomic mass is 10.0. The number of aromatic nitrogens is 1. The van der Waals surface area contributed by atoms with Crippen LogP contribution in [0.25, 0.3) is 0 Å². The zero-order valence-corrected chi connectivity index (χ0v) is 10.3. The van der Waals surface area contributed by atoms with E-state index in [0.29, 0.717) is 17.1 Å². The van der Waals surface area contributed by atoms with E-state index in [1.165, 1.54) is 12.0 Å². The minimum absolute atomic E-state index is 0.297. The third-order valence-electron chi connectivity index (χ3n) is 3.25. The molecule has 0 saturated carbocycles. The molecule has 2 unspecified atom stereocenters. The number of rotatable bonds is 3. The molecule has 2 rings (SSSR count). The fourth-order valence-electron chi connectivity index (χ4n) is 2.23. The molecule has 1 aromatic rings. The summed E-state index contributed by atoms with van der Waals surface area (Å²) in [5, 5.41) is 0.570. The zero-order chi connectivity index (χ0) is 11.5. The molecule has 0 amide bonds. The molecule has 0 aromatic carbocycles. The number of nitrogens with two attached hydrogens (primary N) is 1. The Hall–Kier alpha value is -0.640. The third kappa shape index (κ3) is 2.94.